The molecule has 0 saturated carbocycles. The first-order chi connectivity index (χ1) is 8.44. The summed E-state index contributed by atoms with van der Waals surface area (Å²) in [4.78, 5) is 11.9. The molecule has 18 heavy (non-hydrogen) atoms. The minimum absolute atomic E-state index is 0.114. The van der Waals surface area contributed by atoms with Crippen molar-refractivity contribution in [3.8, 4) is 17.6 Å². The van der Waals surface area contributed by atoms with Gasteiger partial charge in [0.2, 0.25) is 0 Å². The quantitative estimate of drug-likeness (QED) is 0.801. The van der Waals surface area contributed by atoms with Crippen molar-refractivity contribution >= 4 is 5.78 Å². The predicted octanol–water partition coefficient (Wildman–Crippen LogP) is 2.37. The highest BCUT2D eigenvalue weighted by Gasteiger charge is 2.27. The maximum atomic E-state index is 11.9. The van der Waals surface area contributed by atoms with E-state index in [0.29, 0.717) is 11.5 Å². The van der Waals surface area contributed by atoms with Gasteiger partial charge in [-0.05, 0) is 31.5 Å². The second-order valence-electron chi connectivity index (χ2n) is 4.53. The summed E-state index contributed by atoms with van der Waals surface area (Å²) < 4.78 is 10.3. The van der Waals surface area contributed by atoms with Gasteiger partial charge in [-0.15, -0.1) is 0 Å². The molecule has 1 rings (SSSR count). The zero-order valence-electron chi connectivity index (χ0n) is 11.1. The van der Waals surface area contributed by atoms with Crippen LogP contribution in [0.2, 0.25) is 0 Å². The molecular weight excluding hydrogens is 230 g/mol. The molecule has 0 N–H and O–H groups in total. The van der Waals surface area contributed by atoms with Crippen LogP contribution in [0.5, 0.6) is 11.5 Å². The van der Waals surface area contributed by atoms with Gasteiger partial charge in [0.1, 0.15) is 5.41 Å². The SMILES string of the molecule is COc1ccc(CC(=O)C(C)(C)C#N)cc1OC. The number of hydrogen-bond acceptors (Lipinski definition) is 4. The molecule has 4 heteroatoms. The number of Topliss-reactive ketones (excluding diaryl/α,β-unsaturated/α-hetero) is 1. The Balaban J connectivity index is 2.94. The van der Waals surface area contributed by atoms with Crippen molar-refractivity contribution in [1.29, 1.82) is 5.26 Å². The van der Waals surface area contributed by atoms with Crippen LogP contribution in [-0.2, 0) is 11.2 Å². The monoisotopic (exact) mass is 247 g/mol. The third kappa shape index (κ3) is 3.01. The second kappa shape index (κ2) is 5.54. The van der Waals surface area contributed by atoms with Crippen LogP contribution in [0.1, 0.15) is 19.4 Å². The Morgan fingerprint density at radius 3 is 2.39 bits per heavy atom. The second-order valence-corrected chi connectivity index (χ2v) is 4.53. The summed E-state index contributed by atoms with van der Waals surface area (Å²) >= 11 is 0. The van der Waals surface area contributed by atoms with Crippen LogP contribution in [0, 0.1) is 16.7 Å². The number of carbonyl (C=O) groups is 1. The van der Waals surface area contributed by atoms with E-state index < -0.39 is 5.41 Å². The van der Waals surface area contributed by atoms with Crippen molar-refractivity contribution < 1.29 is 14.3 Å². The summed E-state index contributed by atoms with van der Waals surface area (Å²) in [7, 11) is 3.10. The minimum Gasteiger partial charge on any atom is -0.493 e. The van der Waals surface area contributed by atoms with E-state index in [4.69, 9.17) is 14.7 Å². The standard InChI is InChI=1S/C14H17NO3/c1-14(2,9-15)13(16)8-10-5-6-11(17-3)12(7-10)18-4/h5-7H,8H2,1-4H3. The summed E-state index contributed by atoms with van der Waals surface area (Å²) in [6.45, 7) is 3.24. The predicted molar refractivity (Wildman–Crippen MR) is 67.7 cm³/mol. The molecule has 4 nitrogen and oxygen atoms in total. The lowest BCUT2D eigenvalue weighted by atomic mass is 9.86. The van der Waals surface area contributed by atoms with Crippen molar-refractivity contribution in [1.82, 2.24) is 0 Å². The molecule has 0 unspecified atom stereocenters. The highest BCUT2D eigenvalue weighted by atomic mass is 16.5. The van der Waals surface area contributed by atoms with Crippen molar-refractivity contribution in [2.75, 3.05) is 14.2 Å². The Bertz CT molecular complexity index is 486. The molecule has 0 spiro atoms. The molecule has 96 valence electrons. The normalized spacial score (nSPS) is 10.6. The number of hydrogen-bond donors (Lipinski definition) is 0. The lowest BCUT2D eigenvalue weighted by Gasteiger charge is -2.14. The molecular formula is C14H17NO3. The van der Waals surface area contributed by atoms with Crippen LogP contribution in [0.15, 0.2) is 18.2 Å². The van der Waals surface area contributed by atoms with Crippen LogP contribution in [0.25, 0.3) is 0 Å². The topological polar surface area (TPSA) is 59.3 Å². The molecule has 0 amide bonds. The third-order valence-corrected chi connectivity index (χ3v) is 2.79. The lowest BCUT2D eigenvalue weighted by molar-refractivity contribution is -0.123. The van der Waals surface area contributed by atoms with Gasteiger partial charge in [-0.25, -0.2) is 0 Å². The van der Waals surface area contributed by atoms with Gasteiger partial charge in [0.15, 0.2) is 17.3 Å². The Labute approximate surface area is 107 Å². The summed E-state index contributed by atoms with van der Waals surface area (Å²) in [5, 5.41) is 8.91. The van der Waals surface area contributed by atoms with E-state index >= 15 is 0 Å². The lowest BCUT2D eigenvalue weighted by Crippen LogP contribution is -2.23. The van der Waals surface area contributed by atoms with Crippen LogP contribution in [0.3, 0.4) is 0 Å². The zero-order valence-corrected chi connectivity index (χ0v) is 11.1. The maximum absolute atomic E-state index is 11.9. The van der Waals surface area contributed by atoms with E-state index in [0.717, 1.165) is 5.56 Å². The summed E-state index contributed by atoms with van der Waals surface area (Å²) in [6.07, 6.45) is 0.209. The Kier molecular flexibility index (Phi) is 4.33. The number of benzene rings is 1. The maximum Gasteiger partial charge on any atom is 0.161 e. The van der Waals surface area contributed by atoms with Crippen molar-refractivity contribution in [3.63, 3.8) is 0 Å². The van der Waals surface area contributed by atoms with Crippen molar-refractivity contribution in [2.45, 2.75) is 20.3 Å². The highest BCUT2D eigenvalue weighted by molar-refractivity contribution is 5.88. The van der Waals surface area contributed by atoms with Crippen LogP contribution in [-0.4, -0.2) is 20.0 Å². The van der Waals surface area contributed by atoms with Gasteiger partial charge >= 0.3 is 0 Å². The minimum atomic E-state index is -0.965. The fourth-order valence-electron chi connectivity index (χ4n) is 1.46. The van der Waals surface area contributed by atoms with E-state index in [1.54, 1.807) is 46.3 Å². The first-order valence-corrected chi connectivity index (χ1v) is 5.60. The van der Waals surface area contributed by atoms with E-state index in [9.17, 15) is 4.79 Å². The molecule has 0 bridgehead atoms. The summed E-state index contributed by atoms with van der Waals surface area (Å²) in [5.74, 6) is 1.09. The van der Waals surface area contributed by atoms with Crippen LogP contribution < -0.4 is 9.47 Å². The summed E-state index contributed by atoms with van der Waals surface area (Å²) in [5.41, 5.74) is -0.159. The average molecular weight is 247 g/mol. The number of carbonyl (C=O) groups excluding carboxylic acids is 1. The number of ether oxygens (including phenoxy) is 2. The van der Waals surface area contributed by atoms with Gasteiger partial charge in [-0.1, -0.05) is 6.07 Å². The van der Waals surface area contributed by atoms with E-state index in [-0.39, 0.29) is 12.2 Å². The molecule has 1 aromatic carbocycles. The van der Waals surface area contributed by atoms with Gasteiger partial charge in [-0.3, -0.25) is 4.79 Å². The Hall–Kier alpha value is -2.02. The molecule has 0 radical (unpaired) electrons. The largest absolute Gasteiger partial charge is 0.493 e. The number of methoxy groups -OCH3 is 2. The Morgan fingerprint density at radius 1 is 1.28 bits per heavy atom. The molecule has 0 aliphatic carbocycles. The van der Waals surface area contributed by atoms with E-state index in [1.807, 2.05) is 6.07 Å². The van der Waals surface area contributed by atoms with Gasteiger partial charge in [-0.2, -0.15) is 5.26 Å². The number of rotatable bonds is 5. The molecule has 0 aromatic heterocycles. The average Bonchev–Trinajstić information content (AvgIpc) is 2.38. The van der Waals surface area contributed by atoms with Gasteiger partial charge in [0.25, 0.3) is 0 Å². The number of nitriles is 1. The third-order valence-electron chi connectivity index (χ3n) is 2.79. The molecule has 1 aromatic rings. The molecule has 0 aliphatic heterocycles. The van der Waals surface area contributed by atoms with Crippen LogP contribution >= 0.6 is 0 Å². The van der Waals surface area contributed by atoms with E-state index in [2.05, 4.69) is 0 Å². The Morgan fingerprint density at radius 2 is 1.89 bits per heavy atom. The van der Waals surface area contributed by atoms with Crippen molar-refractivity contribution in [3.05, 3.63) is 23.8 Å². The summed E-state index contributed by atoms with van der Waals surface area (Å²) in [6, 6.07) is 7.31. The highest BCUT2D eigenvalue weighted by Crippen LogP contribution is 2.28. The number of ketones is 1. The number of nitrogens with zero attached hydrogens (tertiary/aromatic N) is 1. The van der Waals surface area contributed by atoms with Gasteiger partial charge in [0, 0.05) is 6.42 Å². The molecule has 0 saturated heterocycles. The fourth-order valence-corrected chi connectivity index (χ4v) is 1.46. The molecule has 0 fully saturated rings. The van der Waals surface area contributed by atoms with Crippen LogP contribution in [0.4, 0.5) is 0 Å². The van der Waals surface area contributed by atoms with Gasteiger partial charge < -0.3 is 9.47 Å². The smallest absolute Gasteiger partial charge is 0.161 e. The molecule has 0 aliphatic rings. The molecule has 0 atom stereocenters. The van der Waals surface area contributed by atoms with Crippen molar-refractivity contribution in [2.24, 2.45) is 5.41 Å². The fraction of sp³-hybridized carbons (Fsp3) is 0.429. The van der Waals surface area contributed by atoms with Gasteiger partial charge in [0.05, 0.1) is 20.3 Å². The zero-order chi connectivity index (χ0) is 13.8. The molecule has 0 heterocycles. The first kappa shape index (κ1) is 14.0. The van der Waals surface area contributed by atoms with E-state index in [1.165, 1.54) is 0 Å². The first-order valence-electron chi connectivity index (χ1n) is 5.60.